The highest BCUT2D eigenvalue weighted by Crippen LogP contribution is 2.47. The van der Waals surface area contributed by atoms with Crippen LogP contribution in [0.1, 0.15) is 30.4 Å². The van der Waals surface area contributed by atoms with Gasteiger partial charge in [-0.25, -0.2) is 0 Å². The normalized spacial score (nSPS) is 16.8. The van der Waals surface area contributed by atoms with Crippen LogP contribution in [-0.2, 0) is 16.8 Å². The second kappa shape index (κ2) is 5.80. The van der Waals surface area contributed by atoms with E-state index in [1.807, 2.05) is 6.07 Å². The molecule has 0 atom stereocenters. The lowest BCUT2D eigenvalue weighted by Crippen LogP contribution is -2.42. The molecule has 4 nitrogen and oxygen atoms in total. The van der Waals surface area contributed by atoms with E-state index in [9.17, 15) is 0 Å². The van der Waals surface area contributed by atoms with Crippen molar-refractivity contribution in [2.45, 2.75) is 31.3 Å². The second-order valence-corrected chi connectivity index (χ2v) is 5.14. The minimum atomic E-state index is 0.0907. The molecule has 0 spiro atoms. The molecule has 2 rings (SSSR count). The van der Waals surface area contributed by atoms with Crippen LogP contribution in [0, 0.1) is 0 Å². The molecule has 0 saturated heterocycles. The maximum absolute atomic E-state index is 6.02. The number of nitrogens with two attached hydrogens (primary N) is 1. The van der Waals surface area contributed by atoms with E-state index in [0.717, 1.165) is 29.9 Å². The lowest BCUT2D eigenvalue weighted by molar-refractivity contribution is 0.177. The highest BCUT2D eigenvalue weighted by molar-refractivity contribution is 5.50. The SMILES string of the molecule is COCc1cc(OC)c(OC)cc1C1(CN)CCC1. The first-order valence-corrected chi connectivity index (χ1v) is 6.65. The van der Waals surface area contributed by atoms with Gasteiger partial charge in [0.05, 0.1) is 20.8 Å². The van der Waals surface area contributed by atoms with Crippen molar-refractivity contribution in [1.82, 2.24) is 0 Å². The summed E-state index contributed by atoms with van der Waals surface area (Å²) in [6, 6.07) is 4.08. The first-order valence-electron chi connectivity index (χ1n) is 6.65. The summed E-state index contributed by atoms with van der Waals surface area (Å²) in [5.41, 5.74) is 8.50. The molecule has 1 aromatic rings. The molecule has 0 radical (unpaired) electrons. The molecular weight excluding hydrogens is 242 g/mol. The van der Waals surface area contributed by atoms with Crippen LogP contribution in [0.5, 0.6) is 11.5 Å². The van der Waals surface area contributed by atoms with Crippen molar-refractivity contribution >= 4 is 0 Å². The molecule has 1 fully saturated rings. The standard InChI is InChI=1S/C15H23NO3/c1-17-9-11-7-13(18-2)14(19-3)8-12(11)15(10-16)5-4-6-15/h7-8H,4-6,9-10,16H2,1-3H3. The molecule has 19 heavy (non-hydrogen) atoms. The third kappa shape index (κ3) is 2.42. The summed E-state index contributed by atoms with van der Waals surface area (Å²) in [4.78, 5) is 0. The molecule has 0 unspecified atom stereocenters. The number of methoxy groups -OCH3 is 3. The van der Waals surface area contributed by atoms with Crippen molar-refractivity contribution in [3.63, 3.8) is 0 Å². The maximum Gasteiger partial charge on any atom is 0.161 e. The summed E-state index contributed by atoms with van der Waals surface area (Å²) in [6.45, 7) is 1.23. The molecule has 0 aliphatic heterocycles. The van der Waals surface area contributed by atoms with Crippen molar-refractivity contribution in [2.75, 3.05) is 27.9 Å². The van der Waals surface area contributed by atoms with E-state index in [1.54, 1.807) is 21.3 Å². The Morgan fingerprint density at radius 3 is 2.16 bits per heavy atom. The zero-order valence-electron chi connectivity index (χ0n) is 12.0. The van der Waals surface area contributed by atoms with Crippen molar-refractivity contribution in [3.05, 3.63) is 23.3 Å². The van der Waals surface area contributed by atoms with Crippen LogP contribution in [0.2, 0.25) is 0 Å². The fraction of sp³-hybridized carbons (Fsp3) is 0.600. The fourth-order valence-corrected chi connectivity index (χ4v) is 2.88. The molecule has 0 heterocycles. The third-order valence-corrected chi connectivity index (χ3v) is 4.18. The second-order valence-electron chi connectivity index (χ2n) is 5.14. The average Bonchev–Trinajstić information content (AvgIpc) is 2.39. The summed E-state index contributed by atoms with van der Waals surface area (Å²) < 4.78 is 16.1. The first-order chi connectivity index (χ1) is 9.20. The van der Waals surface area contributed by atoms with Crippen molar-refractivity contribution < 1.29 is 14.2 Å². The van der Waals surface area contributed by atoms with Gasteiger partial charge in [-0.15, -0.1) is 0 Å². The van der Waals surface area contributed by atoms with Crippen LogP contribution in [0.25, 0.3) is 0 Å². The van der Waals surface area contributed by atoms with Gasteiger partial charge in [0, 0.05) is 19.1 Å². The minimum absolute atomic E-state index is 0.0907. The van der Waals surface area contributed by atoms with Gasteiger partial charge in [0.15, 0.2) is 11.5 Å². The Labute approximate surface area is 114 Å². The van der Waals surface area contributed by atoms with Crippen LogP contribution in [0.4, 0.5) is 0 Å². The fourth-order valence-electron chi connectivity index (χ4n) is 2.88. The van der Waals surface area contributed by atoms with E-state index >= 15 is 0 Å². The molecule has 0 amide bonds. The molecule has 4 heteroatoms. The largest absolute Gasteiger partial charge is 0.493 e. The summed E-state index contributed by atoms with van der Waals surface area (Å²) in [6.07, 6.45) is 3.50. The number of hydrogen-bond donors (Lipinski definition) is 1. The smallest absolute Gasteiger partial charge is 0.161 e. The van der Waals surface area contributed by atoms with Gasteiger partial charge in [0.25, 0.3) is 0 Å². The zero-order chi connectivity index (χ0) is 13.9. The summed E-state index contributed by atoms with van der Waals surface area (Å²) in [7, 11) is 5.01. The third-order valence-electron chi connectivity index (χ3n) is 4.18. The Hall–Kier alpha value is -1.26. The van der Waals surface area contributed by atoms with Gasteiger partial charge < -0.3 is 19.9 Å². The maximum atomic E-state index is 6.02. The Balaban J connectivity index is 2.50. The summed E-state index contributed by atoms with van der Waals surface area (Å²) >= 11 is 0. The molecule has 1 aliphatic carbocycles. The Bertz CT molecular complexity index is 436. The molecule has 1 saturated carbocycles. The lowest BCUT2D eigenvalue weighted by atomic mass is 9.63. The summed E-state index contributed by atoms with van der Waals surface area (Å²) in [5.74, 6) is 1.50. The highest BCUT2D eigenvalue weighted by atomic mass is 16.5. The molecule has 0 aromatic heterocycles. The quantitative estimate of drug-likeness (QED) is 0.857. The predicted octanol–water partition coefficient (Wildman–Crippen LogP) is 2.23. The van der Waals surface area contributed by atoms with Gasteiger partial charge in [0.1, 0.15) is 0 Å². The highest BCUT2D eigenvalue weighted by Gasteiger charge is 2.39. The van der Waals surface area contributed by atoms with Gasteiger partial charge in [-0.2, -0.15) is 0 Å². The molecule has 106 valence electrons. The van der Waals surface area contributed by atoms with E-state index in [2.05, 4.69) is 6.07 Å². The van der Waals surface area contributed by atoms with Gasteiger partial charge in [-0.3, -0.25) is 0 Å². The first kappa shape index (κ1) is 14.2. The summed E-state index contributed by atoms with van der Waals surface area (Å²) in [5, 5.41) is 0. The van der Waals surface area contributed by atoms with E-state index in [1.165, 1.54) is 12.0 Å². The van der Waals surface area contributed by atoms with E-state index in [-0.39, 0.29) is 5.41 Å². The Kier molecular flexibility index (Phi) is 4.32. The van der Waals surface area contributed by atoms with Gasteiger partial charge >= 0.3 is 0 Å². The van der Waals surface area contributed by atoms with E-state index in [4.69, 9.17) is 19.9 Å². The zero-order valence-corrected chi connectivity index (χ0v) is 12.0. The molecule has 2 N–H and O–H groups in total. The molecule has 0 bridgehead atoms. The topological polar surface area (TPSA) is 53.7 Å². The molecule has 1 aliphatic rings. The van der Waals surface area contributed by atoms with E-state index in [0.29, 0.717) is 13.2 Å². The molecule has 1 aromatic carbocycles. The number of benzene rings is 1. The predicted molar refractivity (Wildman–Crippen MR) is 74.8 cm³/mol. The lowest BCUT2D eigenvalue weighted by Gasteiger charge is -2.43. The van der Waals surface area contributed by atoms with Gasteiger partial charge in [-0.1, -0.05) is 6.42 Å². The van der Waals surface area contributed by atoms with E-state index < -0.39 is 0 Å². The number of rotatable bonds is 6. The Morgan fingerprint density at radius 2 is 1.74 bits per heavy atom. The minimum Gasteiger partial charge on any atom is -0.493 e. The van der Waals surface area contributed by atoms with Crippen LogP contribution in [0.3, 0.4) is 0 Å². The van der Waals surface area contributed by atoms with Crippen molar-refractivity contribution in [2.24, 2.45) is 5.73 Å². The average molecular weight is 265 g/mol. The van der Waals surface area contributed by atoms with Crippen molar-refractivity contribution in [3.8, 4) is 11.5 Å². The van der Waals surface area contributed by atoms with Crippen LogP contribution in [0.15, 0.2) is 12.1 Å². The monoisotopic (exact) mass is 265 g/mol. The van der Waals surface area contributed by atoms with Crippen LogP contribution in [-0.4, -0.2) is 27.9 Å². The van der Waals surface area contributed by atoms with Gasteiger partial charge in [-0.05, 0) is 36.1 Å². The van der Waals surface area contributed by atoms with Gasteiger partial charge in [0.2, 0.25) is 0 Å². The van der Waals surface area contributed by atoms with Crippen molar-refractivity contribution in [1.29, 1.82) is 0 Å². The van der Waals surface area contributed by atoms with Crippen LogP contribution < -0.4 is 15.2 Å². The molecular formula is C15H23NO3. The number of ether oxygens (including phenoxy) is 3. The Morgan fingerprint density at radius 1 is 1.11 bits per heavy atom. The number of hydrogen-bond acceptors (Lipinski definition) is 4. The van der Waals surface area contributed by atoms with Crippen LogP contribution >= 0.6 is 0 Å².